The molecule has 0 aliphatic heterocycles. The number of hydrogen-bond donors (Lipinski definition) is 2. The molecule has 0 radical (unpaired) electrons. The summed E-state index contributed by atoms with van der Waals surface area (Å²) in [4.78, 5) is 24.1. The zero-order valence-electron chi connectivity index (χ0n) is 16.3. The van der Waals surface area contributed by atoms with Gasteiger partial charge in [-0.25, -0.2) is 19.7 Å². The third-order valence-corrected chi connectivity index (χ3v) is 3.80. The van der Waals surface area contributed by atoms with E-state index in [4.69, 9.17) is 5.11 Å². The first-order valence-corrected chi connectivity index (χ1v) is 7.93. The van der Waals surface area contributed by atoms with Gasteiger partial charge < -0.3 is 16.4 Å². The Hall–Kier alpha value is -2.22. The molecule has 130 valence electrons. The number of carboxylic acid groups (broad SMARTS) is 1. The van der Waals surface area contributed by atoms with Crippen LogP contribution in [0.15, 0.2) is 42.7 Å². The van der Waals surface area contributed by atoms with Gasteiger partial charge in [-0.2, -0.15) is 0 Å². The second-order valence-electron chi connectivity index (χ2n) is 5.93. The van der Waals surface area contributed by atoms with E-state index in [9.17, 15) is 4.79 Å². The molecule has 8 heteroatoms. The molecule has 0 aliphatic rings. The van der Waals surface area contributed by atoms with Crippen LogP contribution in [-0.4, -0.2) is 30.6 Å². The Balaban J connectivity index is 0.00000182. The molecule has 3 rings (SSSR count). The molecule has 0 bridgehead atoms. The standard InChI is InChI=1S/C18H19N5O2.Na.H/c1-11(2)23-12(3)20-10-16(23)15-8-9-19-18(22-15)21-14-6-4-13(5-7-14)17(24)25;;/h4-11H,1-3H3,(H,24,25)(H,19,21,22);;/q;+1;-1. The minimum absolute atomic E-state index is 0. The molecule has 0 amide bonds. The van der Waals surface area contributed by atoms with Crippen molar-refractivity contribution in [2.24, 2.45) is 0 Å². The van der Waals surface area contributed by atoms with Crippen LogP contribution >= 0.6 is 0 Å². The van der Waals surface area contributed by atoms with E-state index in [1.165, 1.54) is 12.1 Å². The van der Waals surface area contributed by atoms with Gasteiger partial charge in [0.05, 0.1) is 23.1 Å². The second-order valence-corrected chi connectivity index (χ2v) is 5.93. The Morgan fingerprint density at radius 1 is 1.19 bits per heavy atom. The van der Waals surface area contributed by atoms with Gasteiger partial charge in [-0.3, -0.25) is 0 Å². The molecule has 2 heterocycles. The monoisotopic (exact) mass is 361 g/mol. The summed E-state index contributed by atoms with van der Waals surface area (Å²) in [5.41, 5.74) is 2.65. The number of benzene rings is 1. The maximum Gasteiger partial charge on any atom is 1.00 e. The van der Waals surface area contributed by atoms with Crippen molar-refractivity contribution in [1.82, 2.24) is 19.5 Å². The Morgan fingerprint density at radius 2 is 1.88 bits per heavy atom. The number of aromatic nitrogens is 4. The second kappa shape index (κ2) is 8.44. The molecule has 1 aromatic carbocycles. The van der Waals surface area contributed by atoms with Crippen molar-refractivity contribution >= 4 is 17.6 Å². The van der Waals surface area contributed by atoms with Crippen LogP contribution in [-0.2, 0) is 0 Å². The molecule has 2 aromatic heterocycles. The van der Waals surface area contributed by atoms with Gasteiger partial charge in [-0.1, -0.05) is 0 Å². The predicted molar refractivity (Wildman–Crippen MR) is 96.2 cm³/mol. The average Bonchev–Trinajstić information content (AvgIpc) is 2.97. The van der Waals surface area contributed by atoms with E-state index >= 15 is 0 Å². The summed E-state index contributed by atoms with van der Waals surface area (Å²) in [6.45, 7) is 6.17. The van der Waals surface area contributed by atoms with Gasteiger partial charge >= 0.3 is 35.5 Å². The number of rotatable bonds is 5. The number of nitrogens with one attached hydrogen (secondary N) is 1. The van der Waals surface area contributed by atoms with E-state index in [1.54, 1.807) is 18.3 Å². The Labute approximate surface area is 175 Å². The van der Waals surface area contributed by atoms with Gasteiger partial charge in [0, 0.05) is 17.9 Å². The molecule has 0 fully saturated rings. The maximum atomic E-state index is 10.9. The Kier molecular flexibility index (Phi) is 6.52. The summed E-state index contributed by atoms with van der Waals surface area (Å²) in [6.07, 6.45) is 3.49. The predicted octanol–water partition coefficient (Wildman–Crippen LogP) is 0.788. The van der Waals surface area contributed by atoms with Crippen molar-refractivity contribution in [1.29, 1.82) is 0 Å². The minimum Gasteiger partial charge on any atom is -1.00 e. The number of hydrogen-bond acceptors (Lipinski definition) is 5. The molecule has 3 aromatic rings. The fourth-order valence-electron chi connectivity index (χ4n) is 2.68. The van der Waals surface area contributed by atoms with Crippen molar-refractivity contribution in [3.05, 3.63) is 54.1 Å². The van der Waals surface area contributed by atoms with Crippen LogP contribution in [0.3, 0.4) is 0 Å². The maximum absolute atomic E-state index is 10.9. The topological polar surface area (TPSA) is 92.9 Å². The fourth-order valence-corrected chi connectivity index (χ4v) is 2.68. The summed E-state index contributed by atoms with van der Waals surface area (Å²) >= 11 is 0. The SMILES string of the molecule is Cc1ncc(-c2ccnc(Nc3ccc(C(=O)O)cc3)n2)n1C(C)C.[H-].[Na+]. The number of aryl methyl sites for hydroxylation is 1. The molecule has 0 aliphatic carbocycles. The van der Waals surface area contributed by atoms with Gasteiger partial charge in [0.25, 0.3) is 0 Å². The van der Waals surface area contributed by atoms with Crippen molar-refractivity contribution in [3.63, 3.8) is 0 Å². The van der Waals surface area contributed by atoms with Crippen LogP contribution in [0.2, 0.25) is 0 Å². The van der Waals surface area contributed by atoms with E-state index in [2.05, 4.69) is 38.7 Å². The van der Waals surface area contributed by atoms with Crippen LogP contribution in [0.5, 0.6) is 0 Å². The quantitative estimate of drug-likeness (QED) is 0.653. The zero-order valence-corrected chi connectivity index (χ0v) is 17.3. The molecule has 0 saturated carbocycles. The average molecular weight is 361 g/mol. The van der Waals surface area contributed by atoms with Crippen LogP contribution in [0.25, 0.3) is 11.4 Å². The third kappa shape index (κ3) is 4.30. The summed E-state index contributed by atoms with van der Waals surface area (Å²) in [7, 11) is 0. The number of carboxylic acids is 1. The largest absolute Gasteiger partial charge is 1.00 e. The summed E-state index contributed by atoms with van der Waals surface area (Å²) < 4.78 is 2.12. The van der Waals surface area contributed by atoms with Gasteiger partial charge in [0.1, 0.15) is 5.82 Å². The molecule has 7 nitrogen and oxygen atoms in total. The molecule has 0 spiro atoms. The minimum atomic E-state index is -0.956. The summed E-state index contributed by atoms with van der Waals surface area (Å²) in [5, 5.41) is 12.0. The number of carbonyl (C=O) groups is 1. The third-order valence-electron chi connectivity index (χ3n) is 3.80. The van der Waals surface area contributed by atoms with Gasteiger partial charge in [0.2, 0.25) is 5.95 Å². The molecular formula is C18H20N5NaO2. The van der Waals surface area contributed by atoms with E-state index in [-0.39, 0.29) is 42.6 Å². The summed E-state index contributed by atoms with van der Waals surface area (Å²) in [6, 6.07) is 8.54. The molecule has 0 saturated heterocycles. The molecule has 26 heavy (non-hydrogen) atoms. The Bertz CT molecular complexity index is 912. The van der Waals surface area contributed by atoms with Gasteiger partial charge in [-0.15, -0.1) is 0 Å². The van der Waals surface area contributed by atoms with E-state index in [1.807, 2.05) is 19.2 Å². The number of anilines is 2. The normalized spacial score (nSPS) is 10.5. The first-order chi connectivity index (χ1) is 12.0. The van der Waals surface area contributed by atoms with E-state index in [0.29, 0.717) is 5.95 Å². The van der Waals surface area contributed by atoms with Crippen LogP contribution in [0.4, 0.5) is 11.6 Å². The van der Waals surface area contributed by atoms with Crippen molar-refractivity contribution in [2.45, 2.75) is 26.8 Å². The van der Waals surface area contributed by atoms with Crippen LogP contribution < -0.4 is 34.9 Å². The molecule has 0 atom stereocenters. The number of aromatic carboxylic acids is 1. The van der Waals surface area contributed by atoms with Crippen molar-refractivity contribution in [3.8, 4) is 11.4 Å². The van der Waals surface area contributed by atoms with E-state index in [0.717, 1.165) is 22.9 Å². The van der Waals surface area contributed by atoms with E-state index < -0.39 is 5.97 Å². The summed E-state index contributed by atoms with van der Waals surface area (Å²) in [5.74, 6) is 0.416. The fraction of sp³-hybridized carbons (Fsp3) is 0.222. The Morgan fingerprint density at radius 3 is 2.50 bits per heavy atom. The first kappa shape index (κ1) is 20.1. The zero-order chi connectivity index (χ0) is 18.0. The van der Waals surface area contributed by atoms with Gasteiger partial charge in [-0.05, 0) is 51.1 Å². The molecular weight excluding hydrogens is 341 g/mol. The number of imidazole rings is 1. The van der Waals surface area contributed by atoms with Crippen molar-refractivity contribution < 1.29 is 40.9 Å². The molecule has 0 unspecified atom stereocenters. The van der Waals surface area contributed by atoms with Crippen LogP contribution in [0, 0.1) is 6.92 Å². The smallest absolute Gasteiger partial charge is 1.00 e. The molecule has 2 N–H and O–H groups in total. The van der Waals surface area contributed by atoms with Crippen LogP contribution in [0.1, 0.15) is 37.5 Å². The number of nitrogens with zero attached hydrogens (tertiary/aromatic N) is 4. The first-order valence-electron chi connectivity index (χ1n) is 7.93. The van der Waals surface area contributed by atoms with Crippen molar-refractivity contribution in [2.75, 3.05) is 5.32 Å². The van der Waals surface area contributed by atoms with Gasteiger partial charge in [0.15, 0.2) is 0 Å².